The number of thioether (sulfide) groups is 2. The van der Waals surface area contributed by atoms with Crippen LogP contribution in [-0.2, 0) is 13.6 Å². The van der Waals surface area contributed by atoms with Crippen molar-refractivity contribution in [1.82, 2.24) is 14.8 Å². The molecule has 0 radical (unpaired) electrons. The number of aromatic nitrogens is 3. The van der Waals surface area contributed by atoms with Crippen LogP contribution in [0.3, 0.4) is 0 Å². The first-order chi connectivity index (χ1) is 6.29. The van der Waals surface area contributed by atoms with Crippen LogP contribution < -0.4 is 5.73 Å². The van der Waals surface area contributed by atoms with Crippen molar-refractivity contribution >= 4 is 23.5 Å². The molecule has 0 saturated heterocycles. The number of hydrogen-bond donors (Lipinski definition) is 1. The summed E-state index contributed by atoms with van der Waals surface area (Å²) in [7, 11) is 1.95. The molecule has 0 aliphatic heterocycles. The maximum atomic E-state index is 5.48. The molecule has 1 heterocycles. The van der Waals surface area contributed by atoms with Gasteiger partial charge in [-0.2, -0.15) is 11.8 Å². The van der Waals surface area contributed by atoms with Gasteiger partial charge in [0.1, 0.15) is 5.82 Å². The fourth-order valence-electron chi connectivity index (χ4n) is 0.865. The van der Waals surface area contributed by atoms with Crippen molar-refractivity contribution in [3.05, 3.63) is 5.82 Å². The summed E-state index contributed by atoms with van der Waals surface area (Å²) in [5, 5.41) is 8.97. The van der Waals surface area contributed by atoms with E-state index in [1.54, 1.807) is 11.8 Å². The highest BCUT2D eigenvalue weighted by atomic mass is 32.2. The number of rotatable bonds is 5. The summed E-state index contributed by atoms with van der Waals surface area (Å²) in [6, 6.07) is 0. The first-order valence-electron chi connectivity index (χ1n) is 3.99. The lowest BCUT2D eigenvalue weighted by molar-refractivity contribution is 0.735. The highest BCUT2D eigenvalue weighted by molar-refractivity contribution is 8.02. The molecule has 0 aromatic carbocycles. The van der Waals surface area contributed by atoms with Crippen LogP contribution in [0.15, 0.2) is 5.16 Å². The predicted octanol–water partition coefficient (Wildman–Crippen LogP) is 0.729. The molecule has 0 aliphatic rings. The lowest BCUT2D eigenvalue weighted by Gasteiger charge is -2.00. The summed E-state index contributed by atoms with van der Waals surface area (Å²) >= 11 is 3.56. The molecule has 0 spiro atoms. The van der Waals surface area contributed by atoms with Gasteiger partial charge >= 0.3 is 0 Å². The molecule has 0 aliphatic carbocycles. The van der Waals surface area contributed by atoms with E-state index in [9.17, 15) is 0 Å². The smallest absolute Gasteiger partial charge is 0.191 e. The molecule has 0 unspecified atom stereocenters. The van der Waals surface area contributed by atoms with Gasteiger partial charge in [0.25, 0.3) is 0 Å². The molecule has 4 nitrogen and oxygen atoms in total. The van der Waals surface area contributed by atoms with Crippen LogP contribution in [0.4, 0.5) is 0 Å². The van der Waals surface area contributed by atoms with Gasteiger partial charge in [0.15, 0.2) is 5.16 Å². The molecule has 1 aromatic rings. The minimum Gasteiger partial charge on any atom is -0.324 e. The molecule has 0 saturated carbocycles. The first-order valence-corrected chi connectivity index (χ1v) is 6.37. The van der Waals surface area contributed by atoms with E-state index in [4.69, 9.17) is 5.73 Å². The minimum atomic E-state index is 0.451. The van der Waals surface area contributed by atoms with E-state index in [1.165, 1.54) is 0 Å². The SMILES string of the molecule is CSCCSc1nnc(CN)n1C. The summed E-state index contributed by atoms with van der Waals surface area (Å²) in [6.45, 7) is 0.451. The lowest BCUT2D eigenvalue weighted by Crippen LogP contribution is -2.05. The standard InChI is InChI=1S/C7H14N4S2/c1-11-6(5-8)9-10-7(11)13-4-3-12-2/h3-5,8H2,1-2H3. The first kappa shape index (κ1) is 10.9. The van der Waals surface area contributed by atoms with Crippen LogP contribution in [0.2, 0.25) is 0 Å². The molecular weight excluding hydrogens is 204 g/mol. The topological polar surface area (TPSA) is 56.7 Å². The van der Waals surface area contributed by atoms with Gasteiger partial charge in [0.2, 0.25) is 0 Å². The Hall–Kier alpha value is -0.200. The molecule has 6 heteroatoms. The fourth-order valence-corrected chi connectivity index (χ4v) is 2.44. The van der Waals surface area contributed by atoms with E-state index in [1.807, 2.05) is 23.4 Å². The Kier molecular flexibility index (Phi) is 4.61. The summed E-state index contributed by atoms with van der Waals surface area (Å²) in [5.74, 6) is 3.04. The monoisotopic (exact) mass is 218 g/mol. The molecular formula is C7H14N4S2. The maximum Gasteiger partial charge on any atom is 0.191 e. The molecule has 74 valence electrons. The molecule has 2 N–H and O–H groups in total. The zero-order chi connectivity index (χ0) is 9.68. The molecule has 0 bridgehead atoms. The zero-order valence-corrected chi connectivity index (χ0v) is 9.49. The molecule has 0 atom stereocenters. The van der Waals surface area contributed by atoms with E-state index in [-0.39, 0.29) is 0 Å². The highest BCUT2D eigenvalue weighted by Crippen LogP contribution is 2.16. The molecule has 1 aromatic heterocycles. The Labute approximate surface area is 86.7 Å². The predicted molar refractivity (Wildman–Crippen MR) is 58.0 cm³/mol. The van der Waals surface area contributed by atoms with Crippen LogP contribution in [0, 0.1) is 0 Å². The quantitative estimate of drug-likeness (QED) is 0.583. The largest absolute Gasteiger partial charge is 0.324 e. The van der Waals surface area contributed by atoms with Gasteiger partial charge in [0.05, 0.1) is 6.54 Å². The third-order valence-electron chi connectivity index (χ3n) is 1.63. The number of hydrogen-bond acceptors (Lipinski definition) is 5. The average Bonchev–Trinajstić information content (AvgIpc) is 2.48. The third-order valence-corrected chi connectivity index (χ3v) is 3.52. The second kappa shape index (κ2) is 5.51. The van der Waals surface area contributed by atoms with Gasteiger partial charge in [0, 0.05) is 18.6 Å². The van der Waals surface area contributed by atoms with Gasteiger partial charge < -0.3 is 10.3 Å². The van der Waals surface area contributed by atoms with Crippen molar-refractivity contribution in [1.29, 1.82) is 0 Å². The van der Waals surface area contributed by atoms with E-state index in [0.29, 0.717) is 6.54 Å². The van der Waals surface area contributed by atoms with Crippen LogP contribution in [0.5, 0.6) is 0 Å². The van der Waals surface area contributed by atoms with Gasteiger partial charge in [-0.05, 0) is 6.26 Å². The van der Waals surface area contributed by atoms with E-state index in [0.717, 1.165) is 22.5 Å². The van der Waals surface area contributed by atoms with E-state index < -0.39 is 0 Å². The van der Waals surface area contributed by atoms with Crippen molar-refractivity contribution in [2.45, 2.75) is 11.7 Å². The maximum absolute atomic E-state index is 5.48. The Morgan fingerprint density at radius 1 is 1.38 bits per heavy atom. The third kappa shape index (κ3) is 2.89. The second-order valence-electron chi connectivity index (χ2n) is 2.50. The second-order valence-corrected chi connectivity index (χ2v) is 4.55. The molecule has 13 heavy (non-hydrogen) atoms. The number of nitrogens with zero attached hydrogens (tertiary/aromatic N) is 3. The van der Waals surface area contributed by atoms with Crippen LogP contribution >= 0.6 is 23.5 Å². The minimum absolute atomic E-state index is 0.451. The fraction of sp³-hybridized carbons (Fsp3) is 0.714. The van der Waals surface area contributed by atoms with Crippen molar-refractivity contribution in [3.63, 3.8) is 0 Å². The van der Waals surface area contributed by atoms with Crippen molar-refractivity contribution in [3.8, 4) is 0 Å². The van der Waals surface area contributed by atoms with E-state index in [2.05, 4.69) is 16.5 Å². The van der Waals surface area contributed by atoms with Gasteiger partial charge in [-0.15, -0.1) is 10.2 Å². The van der Waals surface area contributed by atoms with Gasteiger partial charge in [-0.1, -0.05) is 11.8 Å². The Morgan fingerprint density at radius 3 is 2.69 bits per heavy atom. The summed E-state index contributed by atoms with van der Waals surface area (Å²) in [6.07, 6.45) is 2.10. The molecule has 1 rings (SSSR count). The summed E-state index contributed by atoms with van der Waals surface area (Å²) < 4.78 is 1.95. The molecule has 0 amide bonds. The lowest BCUT2D eigenvalue weighted by atomic mass is 10.6. The van der Waals surface area contributed by atoms with Crippen LogP contribution in [0.1, 0.15) is 5.82 Å². The van der Waals surface area contributed by atoms with Gasteiger partial charge in [-0.3, -0.25) is 0 Å². The van der Waals surface area contributed by atoms with Crippen molar-refractivity contribution in [2.24, 2.45) is 12.8 Å². The summed E-state index contributed by atoms with van der Waals surface area (Å²) in [4.78, 5) is 0. The van der Waals surface area contributed by atoms with Gasteiger partial charge in [-0.25, -0.2) is 0 Å². The van der Waals surface area contributed by atoms with Crippen molar-refractivity contribution < 1.29 is 0 Å². The van der Waals surface area contributed by atoms with E-state index >= 15 is 0 Å². The normalized spacial score (nSPS) is 10.7. The highest BCUT2D eigenvalue weighted by Gasteiger charge is 2.06. The Bertz CT molecular complexity index is 261. The summed E-state index contributed by atoms with van der Waals surface area (Å²) in [5.41, 5.74) is 5.48. The van der Waals surface area contributed by atoms with Crippen molar-refractivity contribution in [2.75, 3.05) is 17.8 Å². The average molecular weight is 218 g/mol. The Balaban J connectivity index is 2.51. The van der Waals surface area contributed by atoms with Crippen LogP contribution in [-0.4, -0.2) is 32.5 Å². The zero-order valence-electron chi connectivity index (χ0n) is 7.86. The Morgan fingerprint density at radius 2 is 2.15 bits per heavy atom. The molecule has 0 fully saturated rings. The number of nitrogens with two attached hydrogens (primary N) is 1. The van der Waals surface area contributed by atoms with Crippen LogP contribution in [0.25, 0.3) is 0 Å².